The lowest BCUT2D eigenvalue weighted by Crippen LogP contribution is -2.17. The summed E-state index contributed by atoms with van der Waals surface area (Å²) in [6.07, 6.45) is -4.70. The Hall–Kier alpha value is -1.78. The molecule has 0 spiro atoms. The topological polar surface area (TPSA) is 22.1 Å². The van der Waals surface area contributed by atoms with Gasteiger partial charge in [0.05, 0.1) is 0 Å². The molecule has 0 fully saturated rings. The Morgan fingerprint density at radius 2 is 1.74 bits per heavy atom. The third-order valence-electron chi connectivity index (χ3n) is 2.36. The van der Waals surface area contributed by atoms with E-state index in [4.69, 9.17) is 0 Å². The minimum Gasteiger partial charge on any atom is -0.403 e. The fourth-order valence-corrected chi connectivity index (χ4v) is 1.76. The Bertz CT molecular complexity index is 564. The molecule has 0 aliphatic heterocycles. The Balaban J connectivity index is 0.000000861. The van der Waals surface area contributed by atoms with Crippen LogP contribution in [-0.2, 0) is 0 Å². The third kappa shape index (κ3) is 3.84. The molecular weight excluding hydrogens is 255 g/mol. The van der Waals surface area contributed by atoms with Crippen LogP contribution in [-0.4, -0.2) is 11.3 Å². The van der Waals surface area contributed by atoms with Crippen LogP contribution >= 0.6 is 0 Å². The Labute approximate surface area is 110 Å². The Morgan fingerprint density at radius 1 is 1.11 bits per heavy atom. The van der Waals surface area contributed by atoms with Crippen molar-refractivity contribution in [3.63, 3.8) is 0 Å². The second-order valence-corrected chi connectivity index (χ2v) is 3.78. The van der Waals surface area contributed by atoms with Crippen LogP contribution in [0.15, 0.2) is 24.3 Å². The van der Waals surface area contributed by atoms with Gasteiger partial charge in [-0.15, -0.1) is 13.2 Å². The standard InChI is InChI=1S/C12H10F3NO.C2H6/c1-7-6-8(2)16-11-9(7)4-3-5-10(11)17-12(13,14)15;1-2/h3-6H,1-2H3;1-2H3. The number of fused-ring (bicyclic) bond motifs is 1. The summed E-state index contributed by atoms with van der Waals surface area (Å²) in [5.74, 6) is -0.262. The lowest BCUT2D eigenvalue weighted by molar-refractivity contribution is -0.274. The average Bonchev–Trinajstić information content (AvgIpc) is 2.31. The molecule has 0 atom stereocenters. The van der Waals surface area contributed by atoms with Crippen LogP contribution in [0.2, 0.25) is 0 Å². The van der Waals surface area contributed by atoms with Gasteiger partial charge < -0.3 is 4.74 Å². The van der Waals surface area contributed by atoms with Gasteiger partial charge in [0.25, 0.3) is 0 Å². The number of rotatable bonds is 1. The summed E-state index contributed by atoms with van der Waals surface area (Å²) < 4.78 is 40.6. The van der Waals surface area contributed by atoms with Gasteiger partial charge in [-0.25, -0.2) is 4.98 Å². The molecule has 0 aliphatic carbocycles. The predicted molar refractivity (Wildman–Crippen MR) is 69.2 cm³/mol. The minimum atomic E-state index is -4.70. The molecule has 1 aromatic carbocycles. The van der Waals surface area contributed by atoms with E-state index in [9.17, 15) is 13.2 Å². The van der Waals surface area contributed by atoms with Gasteiger partial charge in [0, 0.05) is 11.1 Å². The number of hydrogen-bond donors (Lipinski definition) is 0. The molecule has 0 saturated heterocycles. The summed E-state index contributed by atoms with van der Waals surface area (Å²) in [7, 11) is 0. The number of alkyl halides is 3. The number of aromatic nitrogens is 1. The zero-order chi connectivity index (χ0) is 14.6. The normalized spacial score (nSPS) is 10.9. The SMILES string of the molecule is CC.Cc1cc(C)c2cccc(OC(F)(F)F)c2n1. The molecule has 0 N–H and O–H groups in total. The quantitative estimate of drug-likeness (QED) is 0.745. The summed E-state index contributed by atoms with van der Waals surface area (Å²) in [6, 6.07) is 6.33. The van der Waals surface area contributed by atoms with E-state index in [1.54, 1.807) is 13.0 Å². The van der Waals surface area contributed by atoms with Crippen LogP contribution in [0.1, 0.15) is 25.1 Å². The number of pyridine rings is 1. The highest BCUT2D eigenvalue weighted by atomic mass is 19.4. The van der Waals surface area contributed by atoms with E-state index >= 15 is 0 Å². The maximum atomic E-state index is 12.2. The van der Waals surface area contributed by atoms with Gasteiger partial charge in [-0.3, -0.25) is 0 Å². The minimum absolute atomic E-state index is 0.238. The number of ether oxygens (including phenoxy) is 1. The number of nitrogens with zero attached hydrogens (tertiary/aromatic N) is 1. The zero-order valence-corrected chi connectivity index (χ0v) is 11.3. The highest BCUT2D eigenvalue weighted by molar-refractivity contribution is 5.87. The summed E-state index contributed by atoms with van der Waals surface area (Å²) in [6.45, 7) is 7.56. The van der Waals surface area contributed by atoms with Gasteiger partial charge in [0.1, 0.15) is 5.52 Å². The molecular formula is C14H16F3NO. The van der Waals surface area contributed by atoms with Gasteiger partial charge in [0.15, 0.2) is 5.75 Å². The molecule has 0 radical (unpaired) electrons. The summed E-state index contributed by atoms with van der Waals surface area (Å²) in [5.41, 5.74) is 1.77. The van der Waals surface area contributed by atoms with E-state index in [0.29, 0.717) is 11.1 Å². The molecule has 2 nitrogen and oxygen atoms in total. The number of hydrogen-bond acceptors (Lipinski definition) is 2. The van der Waals surface area contributed by atoms with Gasteiger partial charge in [-0.1, -0.05) is 26.0 Å². The lowest BCUT2D eigenvalue weighted by atomic mass is 10.1. The smallest absolute Gasteiger partial charge is 0.403 e. The van der Waals surface area contributed by atoms with Crippen molar-refractivity contribution in [3.05, 3.63) is 35.5 Å². The monoisotopic (exact) mass is 271 g/mol. The van der Waals surface area contributed by atoms with Crippen molar-refractivity contribution >= 4 is 10.9 Å². The summed E-state index contributed by atoms with van der Waals surface area (Å²) in [4.78, 5) is 4.10. The molecule has 2 aromatic rings. The van der Waals surface area contributed by atoms with Gasteiger partial charge >= 0.3 is 6.36 Å². The molecule has 0 aliphatic rings. The van der Waals surface area contributed by atoms with Crippen molar-refractivity contribution in [2.24, 2.45) is 0 Å². The predicted octanol–water partition coefficient (Wildman–Crippen LogP) is 4.78. The molecule has 0 saturated carbocycles. The molecule has 0 unspecified atom stereocenters. The van der Waals surface area contributed by atoms with Crippen molar-refractivity contribution in [1.29, 1.82) is 0 Å². The second-order valence-electron chi connectivity index (χ2n) is 3.78. The highest BCUT2D eigenvalue weighted by Gasteiger charge is 2.32. The van der Waals surface area contributed by atoms with Crippen LogP contribution in [0.5, 0.6) is 5.75 Å². The fourth-order valence-electron chi connectivity index (χ4n) is 1.76. The van der Waals surface area contributed by atoms with E-state index in [1.165, 1.54) is 12.1 Å². The van der Waals surface area contributed by atoms with Crippen LogP contribution in [0, 0.1) is 13.8 Å². The maximum absolute atomic E-state index is 12.2. The molecule has 104 valence electrons. The Morgan fingerprint density at radius 3 is 2.32 bits per heavy atom. The van der Waals surface area contributed by atoms with Crippen molar-refractivity contribution in [1.82, 2.24) is 4.98 Å². The highest BCUT2D eigenvalue weighted by Crippen LogP contribution is 2.30. The first-order valence-corrected chi connectivity index (χ1v) is 5.99. The van der Waals surface area contributed by atoms with Crippen molar-refractivity contribution in [2.75, 3.05) is 0 Å². The largest absolute Gasteiger partial charge is 0.573 e. The number of para-hydroxylation sites is 1. The fraction of sp³-hybridized carbons (Fsp3) is 0.357. The second kappa shape index (κ2) is 5.91. The van der Waals surface area contributed by atoms with E-state index in [-0.39, 0.29) is 11.3 Å². The third-order valence-corrected chi connectivity index (χ3v) is 2.36. The maximum Gasteiger partial charge on any atom is 0.573 e. The van der Waals surface area contributed by atoms with E-state index < -0.39 is 6.36 Å². The van der Waals surface area contributed by atoms with Crippen molar-refractivity contribution in [2.45, 2.75) is 34.1 Å². The summed E-state index contributed by atoms with van der Waals surface area (Å²) >= 11 is 0. The van der Waals surface area contributed by atoms with E-state index in [0.717, 1.165) is 5.56 Å². The molecule has 1 heterocycles. The number of halogens is 3. The average molecular weight is 271 g/mol. The number of aryl methyl sites for hydroxylation is 2. The van der Waals surface area contributed by atoms with Crippen LogP contribution in [0.25, 0.3) is 10.9 Å². The van der Waals surface area contributed by atoms with E-state index in [1.807, 2.05) is 26.8 Å². The lowest BCUT2D eigenvalue weighted by Gasteiger charge is -2.12. The molecule has 0 bridgehead atoms. The first-order chi connectivity index (χ1) is 8.87. The van der Waals surface area contributed by atoms with Crippen molar-refractivity contribution < 1.29 is 17.9 Å². The Kier molecular flexibility index (Phi) is 4.75. The first-order valence-electron chi connectivity index (χ1n) is 5.99. The zero-order valence-electron chi connectivity index (χ0n) is 11.3. The van der Waals surface area contributed by atoms with E-state index in [2.05, 4.69) is 9.72 Å². The molecule has 1 aromatic heterocycles. The number of benzene rings is 1. The first kappa shape index (κ1) is 15.3. The van der Waals surface area contributed by atoms with Gasteiger partial charge in [0.2, 0.25) is 0 Å². The summed E-state index contributed by atoms with van der Waals surface area (Å²) in [5, 5.41) is 0.664. The molecule has 19 heavy (non-hydrogen) atoms. The molecule has 5 heteroatoms. The van der Waals surface area contributed by atoms with Crippen molar-refractivity contribution in [3.8, 4) is 5.75 Å². The van der Waals surface area contributed by atoms with Gasteiger partial charge in [-0.2, -0.15) is 0 Å². The van der Waals surface area contributed by atoms with Crippen LogP contribution in [0.3, 0.4) is 0 Å². The van der Waals surface area contributed by atoms with Crippen LogP contribution < -0.4 is 4.74 Å². The van der Waals surface area contributed by atoms with Gasteiger partial charge in [-0.05, 0) is 31.5 Å². The molecule has 2 rings (SSSR count). The van der Waals surface area contributed by atoms with Crippen LogP contribution in [0.4, 0.5) is 13.2 Å². The molecule has 0 amide bonds.